The Morgan fingerprint density at radius 2 is 1.53 bits per heavy atom. The molecular weight excluding hydrogens is 186 g/mol. The molecule has 0 spiro atoms. The molecule has 0 unspecified atom stereocenters. The monoisotopic (exact) mass is 211 g/mol. The fourth-order valence-electron chi connectivity index (χ4n) is 0.958. The summed E-state index contributed by atoms with van der Waals surface area (Å²) in [4.78, 5) is 2.23. The fourth-order valence-corrected chi connectivity index (χ4v) is 0.958. The highest BCUT2D eigenvalue weighted by molar-refractivity contribution is 5.16. The van der Waals surface area contributed by atoms with Crippen molar-refractivity contribution in [3.63, 3.8) is 0 Å². The predicted molar refractivity (Wildman–Crippen MR) is 65.6 cm³/mol. The van der Waals surface area contributed by atoms with Gasteiger partial charge in [-0.15, -0.1) is 0 Å². The molecule has 0 aromatic carbocycles. The van der Waals surface area contributed by atoms with Gasteiger partial charge in [-0.25, -0.2) is 0 Å². The third kappa shape index (κ3) is 4.68. The van der Waals surface area contributed by atoms with Gasteiger partial charge in [0.25, 0.3) is 0 Å². The number of nitrogens with zero attached hydrogens (tertiary/aromatic N) is 1. The van der Waals surface area contributed by atoms with Crippen LogP contribution in [-0.2, 0) is 0 Å². The van der Waals surface area contributed by atoms with Gasteiger partial charge in [-0.05, 0) is 20.0 Å². The topological polar surface area (TPSA) is 23.5 Å². The van der Waals surface area contributed by atoms with E-state index in [0.717, 1.165) is 19.6 Å². The number of hydrogen-bond donors (Lipinski definition) is 1. The summed E-state index contributed by atoms with van der Waals surface area (Å²) in [5.74, 6) is 6.02. The van der Waals surface area contributed by atoms with Crippen molar-refractivity contribution in [2.45, 2.75) is 47.1 Å². The van der Waals surface area contributed by atoms with Crippen LogP contribution in [0.15, 0.2) is 0 Å². The molecule has 0 aliphatic heterocycles. The van der Waals surface area contributed by atoms with Gasteiger partial charge in [0.1, 0.15) is 5.60 Å². The Morgan fingerprint density at radius 3 is 1.87 bits per heavy atom. The van der Waals surface area contributed by atoms with Crippen molar-refractivity contribution in [2.75, 3.05) is 19.6 Å². The summed E-state index contributed by atoms with van der Waals surface area (Å²) in [6.07, 6.45) is 0. The van der Waals surface area contributed by atoms with Gasteiger partial charge in [0.2, 0.25) is 0 Å². The lowest BCUT2D eigenvalue weighted by atomic mass is 9.78. The van der Waals surface area contributed by atoms with Crippen LogP contribution in [0, 0.1) is 17.3 Å². The van der Waals surface area contributed by atoms with Crippen LogP contribution < -0.4 is 0 Å². The van der Waals surface area contributed by atoms with E-state index in [1.54, 1.807) is 6.92 Å². The van der Waals surface area contributed by atoms with E-state index in [4.69, 9.17) is 0 Å². The van der Waals surface area contributed by atoms with Crippen LogP contribution in [0.4, 0.5) is 0 Å². The summed E-state index contributed by atoms with van der Waals surface area (Å²) in [6.45, 7) is 14.8. The summed E-state index contributed by atoms with van der Waals surface area (Å²) in [7, 11) is 0. The molecule has 0 saturated heterocycles. The summed E-state index contributed by atoms with van der Waals surface area (Å²) in [5.41, 5.74) is -1.12. The third-order valence-corrected chi connectivity index (χ3v) is 2.99. The highest BCUT2D eigenvalue weighted by atomic mass is 16.3. The van der Waals surface area contributed by atoms with Crippen molar-refractivity contribution >= 4 is 0 Å². The van der Waals surface area contributed by atoms with E-state index in [1.165, 1.54) is 0 Å². The van der Waals surface area contributed by atoms with Crippen LogP contribution in [0.3, 0.4) is 0 Å². The molecule has 0 aromatic heterocycles. The van der Waals surface area contributed by atoms with E-state index in [2.05, 4.69) is 30.6 Å². The first kappa shape index (κ1) is 14.5. The van der Waals surface area contributed by atoms with Crippen molar-refractivity contribution in [3.05, 3.63) is 0 Å². The van der Waals surface area contributed by atoms with Gasteiger partial charge in [0.05, 0.1) is 6.54 Å². The maximum atomic E-state index is 10.1. The number of rotatable bonds is 3. The van der Waals surface area contributed by atoms with Crippen LogP contribution in [0.1, 0.15) is 41.5 Å². The Labute approximate surface area is 94.7 Å². The minimum absolute atomic E-state index is 0.205. The van der Waals surface area contributed by atoms with Gasteiger partial charge >= 0.3 is 0 Å². The zero-order chi connectivity index (χ0) is 12.1. The SMILES string of the molecule is CCN(CC)CC#C[C@@](C)(O)C(C)(C)C. The van der Waals surface area contributed by atoms with E-state index >= 15 is 0 Å². The zero-order valence-electron chi connectivity index (χ0n) is 11.0. The van der Waals surface area contributed by atoms with Crippen LogP contribution in [0.25, 0.3) is 0 Å². The van der Waals surface area contributed by atoms with E-state index in [-0.39, 0.29) is 5.41 Å². The van der Waals surface area contributed by atoms with E-state index in [1.807, 2.05) is 20.8 Å². The molecule has 0 aromatic rings. The molecule has 0 amide bonds. The summed E-state index contributed by atoms with van der Waals surface area (Å²) in [5, 5.41) is 10.1. The summed E-state index contributed by atoms with van der Waals surface area (Å²) < 4.78 is 0. The summed E-state index contributed by atoms with van der Waals surface area (Å²) in [6, 6.07) is 0. The Morgan fingerprint density at radius 1 is 1.07 bits per heavy atom. The van der Waals surface area contributed by atoms with Crippen LogP contribution in [0.5, 0.6) is 0 Å². The van der Waals surface area contributed by atoms with Gasteiger partial charge in [0.15, 0.2) is 0 Å². The van der Waals surface area contributed by atoms with Crippen molar-refractivity contribution < 1.29 is 5.11 Å². The molecule has 0 bridgehead atoms. The zero-order valence-corrected chi connectivity index (χ0v) is 11.0. The number of aliphatic hydroxyl groups is 1. The molecule has 15 heavy (non-hydrogen) atoms. The maximum absolute atomic E-state index is 10.1. The second-order valence-corrected chi connectivity index (χ2v) is 5.09. The average Bonchev–Trinajstić information content (AvgIpc) is 2.10. The molecule has 0 aliphatic rings. The predicted octanol–water partition coefficient (Wildman–Crippen LogP) is 2.13. The van der Waals surface area contributed by atoms with Crippen molar-refractivity contribution in [1.82, 2.24) is 4.90 Å². The molecule has 0 heterocycles. The van der Waals surface area contributed by atoms with Gasteiger partial charge in [0, 0.05) is 5.41 Å². The Kier molecular flexibility index (Phi) is 5.34. The van der Waals surface area contributed by atoms with E-state index in [0.29, 0.717) is 0 Å². The van der Waals surface area contributed by atoms with Crippen molar-refractivity contribution in [2.24, 2.45) is 5.41 Å². The lowest BCUT2D eigenvalue weighted by molar-refractivity contribution is 0.0127. The second kappa shape index (κ2) is 5.53. The highest BCUT2D eigenvalue weighted by Crippen LogP contribution is 2.28. The van der Waals surface area contributed by atoms with Gasteiger partial charge in [-0.1, -0.05) is 46.5 Å². The van der Waals surface area contributed by atoms with Crippen LogP contribution in [0.2, 0.25) is 0 Å². The Balaban J connectivity index is 4.40. The third-order valence-electron chi connectivity index (χ3n) is 2.99. The van der Waals surface area contributed by atoms with E-state index < -0.39 is 5.60 Å². The quantitative estimate of drug-likeness (QED) is 0.723. The Bertz CT molecular complexity index is 235. The van der Waals surface area contributed by atoms with Gasteiger partial charge in [-0.2, -0.15) is 0 Å². The van der Waals surface area contributed by atoms with Crippen molar-refractivity contribution in [1.29, 1.82) is 0 Å². The molecule has 0 aliphatic carbocycles. The first-order valence-electron chi connectivity index (χ1n) is 5.69. The molecule has 0 rings (SSSR count). The van der Waals surface area contributed by atoms with E-state index in [9.17, 15) is 5.11 Å². The fraction of sp³-hybridized carbons (Fsp3) is 0.846. The van der Waals surface area contributed by atoms with Gasteiger partial charge < -0.3 is 5.11 Å². The molecule has 0 fully saturated rings. The molecule has 88 valence electrons. The number of hydrogen-bond acceptors (Lipinski definition) is 2. The van der Waals surface area contributed by atoms with Crippen LogP contribution >= 0.6 is 0 Å². The first-order valence-corrected chi connectivity index (χ1v) is 5.69. The molecule has 1 N–H and O–H groups in total. The van der Waals surface area contributed by atoms with Crippen molar-refractivity contribution in [3.8, 4) is 11.8 Å². The molecular formula is C13H25NO. The minimum atomic E-state index is -0.917. The summed E-state index contributed by atoms with van der Waals surface area (Å²) >= 11 is 0. The maximum Gasteiger partial charge on any atom is 0.127 e. The normalized spacial score (nSPS) is 15.7. The molecule has 1 atom stereocenters. The standard InChI is InChI=1S/C13H25NO/c1-7-14(8-2)11-9-10-13(6,15)12(3,4)5/h15H,7-8,11H2,1-6H3/t13-/m1/s1. The van der Waals surface area contributed by atoms with Gasteiger partial charge in [-0.3, -0.25) is 4.90 Å². The van der Waals surface area contributed by atoms with Crippen LogP contribution in [-0.4, -0.2) is 35.2 Å². The highest BCUT2D eigenvalue weighted by Gasteiger charge is 2.33. The molecule has 0 saturated carbocycles. The smallest absolute Gasteiger partial charge is 0.127 e. The molecule has 2 nitrogen and oxygen atoms in total. The lowest BCUT2D eigenvalue weighted by Gasteiger charge is -2.32. The average molecular weight is 211 g/mol. The lowest BCUT2D eigenvalue weighted by Crippen LogP contribution is -2.38. The first-order chi connectivity index (χ1) is 6.74. The molecule has 2 heteroatoms. The second-order valence-electron chi connectivity index (χ2n) is 5.09. The largest absolute Gasteiger partial charge is 0.377 e. The minimum Gasteiger partial charge on any atom is -0.377 e. The Hall–Kier alpha value is -0.520. The molecule has 0 radical (unpaired) electrons.